The molecular formula is C19H29ClN2O2. The van der Waals surface area contributed by atoms with E-state index in [0.717, 1.165) is 37.6 Å². The van der Waals surface area contributed by atoms with Crippen LogP contribution in [0, 0.1) is 0 Å². The van der Waals surface area contributed by atoms with Crippen molar-refractivity contribution in [1.29, 1.82) is 0 Å². The molecule has 1 N–H and O–H groups in total. The Bertz CT molecular complexity index is 517. The van der Waals surface area contributed by atoms with Crippen molar-refractivity contribution >= 4 is 23.4 Å². The van der Waals surface area contributed by atoms with Gasteiger partial charge in [0.15, 0.2) is 0 Å². The predicted octanol–water partition coefficient (Wildman–Crippen LogP) is 4.84. The molecule has 1 amide bonds. The molecule has 1 aliphatic rings. The van der Waals surface area contributed by atoms with Crippen LogP contribution in [0.15, 0.2) is 24.3 Å². The van der Waals surface area contributed by atoms with Crippen molar-refractivity contribution in [3.8, 4) is 0 Å². The average Bonchev–Trinajstić information content (AvgIpc) is 2.52. The Morgan fingerprint density at radius 2 is 1.88 bits per heavy atom. The van der Waals surface area contributed by atoms with E-state index in [1.807, 2.05) is 32.9 Å². The molecule has 0 unspecified atom stereocenters. The smallest absolute Gasteiger partial charge is 0.412 e. The summed E-state index contributed by atoms with van der Waals surface area (Å²) in [4.78, 5) is 14.3. The monoisotopic (exact) mass is 352 g/mol. The van der Waals surface area contributed by atoms with Gasteiger partial charge in [-0.1, -0.05) is 12.1 Å². The van der Waals surface area contributed by atoms with Gasteiger partial charge in [-0.05, 0) is 83.3 Å². The van der Waals surface area contributed by atoms with Crippen molar-refractivity contribution in [2.75, 3.05) is 30.8 Å². The summed E-state index contributed by atoms with van der Waals surface area (Å²) in [7, 11) is 0. The Balaban J connectivity index is 1.83. The standard InChI is InChI=1S/C19H29ClN2O2/c1-19(2,3)24-18(23)21-17-7-5-15(6-8-17)16-9-13-22(14-10-16)12-4-11-20/h5-8,16H,4,9-14H2,1-3H3,(H,21,23). The number of hydrogen-bond acceptors (Lipinski definition) is 3. The zero-order chi connectivity index (χ0) is 17.6. The first-order valence-electron chi connectivity index (χ1n) is 8.75. The van der Waals surface area contributed by atoms with E-state index in [1.54, 1.807) is 0 Å². The molecule has 1 aliphatic heterocycles. The molecule has 0 saturated carbocycles. The number of halogens is 1. The number of likely N-dealkylation sites (tertiary alicyclic amines) is 1. The van der Waals surface area contributed by atoms with Gasteiger partial charge in [0.1, 0.15) is 5.60 Å². The van der Waals surface area contributed by atoms with Gasteiger partial charge in [-0.15, -0.1) is 11.6 Å². The zero-order valence-corrected chi connectivity index (χ0v) is 15.7. The molecular weight excluding hydrogens is 324 g/mol. The topological polar surface area (TPSA) is 41.6 Å². The third kappa shape index (κ3) is 6.33. The summed E-state index contributed by atoms with van der Waals surface area (Å²) < 4.78 is 5.27. The zero-order valence-electron chi connectivity index (χ0n) is 15.0. The lowest BCUT2D eigenvalue weighted by molar-refractivity contribution is 0.0636. The first kappa shape index (κ1) is 19.1. The molecule has 0 aromatic heterocycles. The summed E-state index contributed by atoms with van der Waals surface area (Å²) in [6, 6.07) is 8.15. The summed E-state index contributed by atoms with van der Waals surface area (Å²) in [5, 5.41) is 2.78. The highest BCUT2D eigenvalue weighted by Gasteiger charge is 2.20. The van der Waals surface area contributed by atoms with Crippen LogP contribution in [-0.4, -0.2) is 42.1 Å². The van der Waals surface area contributed by atoms with Gasteiger partial charge in [-0.3, -0.25) is 5.32 Å². The molecule has 2 rings (SSSR count). The minimum Gasteiger partial charge on any atom is -0.444 e. The van der Waals surface area contributed by atoms with Crippen molar-refractivity contribution in [3.63, 3.8) is 0 Å². The Labute approximate surface area is 150 Å². The number of benzene rings is 1. The lowest BCUT2D eigenvalue weighted by Gasteiger charge is -2.32. The molecule has 0 atom stereocenters. The quantitative estimate of drug-likeness (QED) is 0.771. The molecule has 24 heavy (non-hydrogen) atoms. The number of carbonyl (C=O) groups is 1. The average molecular weight is 353 g/mol. The molecule has 1 fully saturated rings. The first-order chi connectivity index (χ1) is 11.4. The number of ether oxygens (including phenoxy) is 1. The lowest BCUT2D eigenvalue weighted by atomic mass is 9.89. The summed E-state index contributed by atoms with van der Waals surface area (Å²) >= 11 is 5.77. The van der Waals surface area contributed by atoms with Crippen molar-refractivity contribution in [2.24, 2.45) is 0 Å². The second kappa shape index (κ2) is 8.72. The molecule has 0 spiro atoms. The van der Waals surface area contributed by atoms with Gasteiger partial charge < -0.3 is 9.64 Å². The van der Waals surface area contributed by atoms with E-state index in [9.17, 15) is 4.79 Å². The second-order valence-corrected chi connectivity index (χ2v) is 7.79. The number of alkyl halides is 1. The van der Waals surface area contributed by atoms with Gasteiger partial charge >= 0.3 is 6.09 Å². The van der Waals surface area contributed by atoms with Crippen LogP contribution in [0.3, 0.4) is 0 Å². The minimum absolute atomic E-state index is 0.414. The fraction of sp³-hybridized carbons (Fsp3) is 0.632. The summed E-state index contributed by atoms with van der Waals surface area (Å²) in [5.74, 6) is 1.35. The number of carbonyl (C=O) groups excluding carboxylic acids is 1. The van der Waals surface area contributed by atoms with Crippen LogP contribution >= 0.6 is 11.6 Å². The first-order valence-corrected chi connectivity index (χ1v) is 9.29. The van der Waals surface area contributed by atoms with Crippen molar-refractivity contribution < 1.29 is 9.53 Å². The van der Waals surface area contributed by atoms with Crippen LogP contribution in [0.1, 0.15) is 51.5 Å². The lowest BCUT2D eigenvalue weighted by Crippen LogP contribution is -2.33. The molecule has 1 saturated heterocycles. The predicted molar refractivity (Wildman–Crippen MR) is 100 cm³/mol. The van der Waals surface area contributed by atoms with Crippen LogP contribution in [-0.2, 0) is 4.74 Å². The fourth-order valence-corrected chi connectivity index (χ4v) is 3.15. The van der Waals surface area contributed by atoms with Crippen LogP contribution in [0.25, 0.3) is 0 Å². The van der Waals surface area contributed by atoms with Gasteiger partial charge in [0.25, 0.3) is 0 Å². The highest BCUT2D eigenvalue weighted by atomic mass is 35.5. The molecule has 0 aliphatic carbocycles. The molecule has 1 aromatic carbocycles. The van der Waals surface area contributed by atoms with Crippen LogP contribution in [0.4, 0.5) is 10.5 Å². The van der Waals surface area contributed by atoms with Gasteiger partial charge in [-0.2, -0.15) is 0 Å². The number of rotatable bonds is 5. The van der Waals surface area contributed by atoms with Gasteiger partial charge in [0.05, 0.1) is 0 Å². The largest absolute Gasteiger partial charge is 0.444 e. The van der Waals surface area contributed by atoms with E-state index >= 15 is 0 Å². The maximum Gasteiger partial charge on any atom is 0.412 e. The number of anilines is 1. The van der Waals surface area contributed by atoms with Gasteiger partial charge in [0, 0.05) is 11.6 Å². The Morgan fingerprint density at radius 1 is 1.25 bits per heavy atom. The number of nitrogens with one attached hydrogen (secondary N) is 1. The highest BCUT2D eigenvalue weighted by molar-refractivity contribution is 6.17. The Morgan fingerprint density at radius 3 is 2.42 bits per heavy atom. The number of hydrogen-bond donors (Lipinski definition) is 1. The summed E-state index contributed by atoms with van der Waals surface area (Å²) in [6.07, 6.45) is 3.02. The van der Waals surface area contributed by atoms with Crippen molar-refractivity contribution in [1.82, 2.24) is 4.90 Å². The molecule has 0 radical (unpaired) electrons. The number of amides is 1. The maximum atomic E-state index is 11.8. The van der Waals surface area contributed by atoms with E-state index in [1.165, 1.54) is 18.4 Å². The van der Waals surface area contributed by atoms with Crippen molar-refractivity contribution in [3.05, 3.63) is 29.8 Å². The Hall–Kier alpha value is -1.26. The highest BCUT2D eigenvalue weighted by Crippen LogP contribution is 2.29. The summed E-state index contributed by atoms with van der Waals surface area (Å²) in [6.45, 7) is 8.95. The Kier molecular flexibility index (Phi) is 6.93. The van der Waals surface area contributed by atoms with Crippen molar-refractivity contribution in [2.45, 2.75) is 51.6 Å². The third-order valence-corrected chi connectivity index (χ3v) is 4.49. The van der Waals surface area contributed by atoms with E-state index in [0.29, 0.717) is 5.92 Å². The second-order valence-electron chi connectivity index (χ2n) is 7.41. The van der Waals surface area contributed by atoms with E-state index < -0.39 is 11.7 Å². The van der Waals surface area contributed by atoms with E-state index in [2.05, 4.69) is 22.3 Å². The number of nitrogens with zero attached hydrogens (tertiary/aromatic N) is 1. The molecule has 1 aromatic rings. The van der Waals surface area contributed by atoms with Gasteiger partial charge in [0.2, 0.25) is 0 Å². The van der Waals surface area contributed by atoms with Crippen LogP contribution in [0.2, 0.25) is 0 Å². The maximum absolute atomic E-state index is 11.8. The van der Waals surface area contributed by atoms with Gasteiger partial charge in [-0.25, -0.2) is 4.79 Å². The minimum atomic E-state index is -0.485. The normalized spacial score (nSPS) is 16.8. The molecule has 134 valence electrons. The third-order valence-electron chi connectivity index (χ3n) is 4.22. The molecule has 1 heterocycles. The number of piperidine rings is 1. The van der Waals surface area contributed by atoms with E-state index in [-0.39, 0.29) is 0 Å². The molecule has 5 heteroatoms. The van der Waals surface area contributed by atoms with E-state index in [4.69, 9.17) is 16.3 Å². The van der Waals surface area contributed by atoms with Crippen LogP contribution < -0.4 is 5.32 Å². The molecule has 4 nitrogen and oxygen atoms in total. The SMILES string of the molecule is CC(C)(C)OC(=O)Nc1ccc(C2CCN(CCCCl)CC2)cc1. The summed E-state index contributed by atoms with van der Waals surface area (Å²) in [5.41, 5.74) is 1.64. The fourth-order valence-electron chi connectivity index (χ4n) is 3.03. The molecule has 0 bridgehead atoms. The van der Waals surface area contributed by atoms with Crippen LogP contribution in [0.5, 0.6) is 0 Å².